The number of nitrogens with zero attached hydrogens (tertiary/aromatic N) is 3. The van der Waals surface area contributed by atoms with Gasteiger partial charge in [0.05, 0.1) is 25.1 Å². The van der Waals surface area contributed by atoms with Crippen LogP contribution < -0.4 is 15.8 Å². The Labute approximate surface area is 240 Å². The summed E-state index contributed by atoms with van der Waals surface area (Å²) in [6.07, 6.45) is 4.69. The first-order valence-electron chi connectivity index (χ1n) is 14.1. The summed E-state index contributed by atoms with van der Waals surface area (Å²) >= 11 is 0. The average Bonchev–Trinajstić information content (AvgIpc) is 3.58. The number of methoxy groups -OCH3 is 1. The zero-order valence-electron chi connectivity index (χ0n) is 23.9. The molecule has 0 bridgehead atoms. The van der Waals surface area contributed by atoms with E-state index in [0.717, 1.165) is 58.7 Å². The third-order valence-electron chi connectivity index (χ3n) is 7.42. The summed E-state index contributed by atoms with van der Waals surface area (Å²) in [5.74, 6) is 2.07. The van der Waals surface area contributed by atoms with Crippen molar-refractivity contribution in [2.24, 2.45) is 5.73 Å². The number of aryl methyl sites for hydroxylation is 2. The molecule has 1 amide bonds. The van der Waals surface area contributed by atoms with E-state index in [0.29, 0.717) is 13.1 Å². The number of hydrogen-bond acceptors (Lipinski definition) is 5. The van der Waals surface area contributed by atoms with Gasteiger partial charge in [0, 0.05) is 30.1 Å². The number of benzene rings is 3. The second-order valence-corrected chi connectivity index (χ2v) is 11.0. The molecule has 0 aliphatic carbocycles. The highest BCUT2D eigenvalue weighted by Crippen LogP contribution is 2.31. The number of aromatic amines is 1. The molecule has 41 heavy (non-hydrogen) atoms. The molecule has 212 valence electrons. The highest BCUT2D eigenvalue weighted by molar-refractivity contribution is 5.86. The van der Waals surface area contributed by atoms with Crippen molar-refractivity contribution in [2.45, 2.75) is 51.1 Å². The zero-order chi connectivity index (χ0) is 28.8. The third kappa shape index (κ3) is 6.66. The van der Waals surface area contributed by atoms with Gasteiger partial charge >= 0.3 is 0 Å². The van der Waals surface area contributed by atoms with Gasteiger partial charge in [-0.25, -0.2) is 0 Å². The van der Waals surface area contributed by atoms with Crippen LogP contribution in [0.15, 0.2) is 85.1 Å². The minimum Gasteiger partial charge on any atom is -0.497 e. The molecule has 0 radical (unpaired) electrons. The molecular formula is C33H38N6O2. The number of carbonyl (C=O) groups excluding carboxylic acids is 1. The number of H-pyrrole nitrogens is 1. The Morgan fingerprint density at radius 3 is 2.44 bits per heavy atom. The number of ether oxygens (including phenoxy) is 1. The minimum atomic E-state index is -0.996. The Morgan fingerprint density at radius 2 is 1.71 bits per heavy atom. The van der Waals surface area contributed by atoms with Crippen LogP contribution in [-0.4, -0.2) is 44.8 Å². The Kier molecular flexibility index (Phi) is 8.50. The molecular weight excluding hydrogens is 512 g/mol. The van der Waals surface area contributed by atoms with Crippen molar-refractivity contribution in [1.29, 1.82) is 0 Å². The summed E-state index contributed by atoms with van der Waals surface area (Å²) in [5, 5.41) is 13.6. The van der Waals surface area contributed by atoms with Crippen LogP contribution >= 0.6 is 0 Å². The van der Waals surface area contributed by atoms with E-state index in [1.807, 2.05) is 36.5 Å². The molecule has 8 heteroatoms. The second-order valence-electron chi connectivity index (χ2n) is 11.0. The van der Waals surface area contributed by atoms with E-state index in [9.17, 15) is 4.79 Å². The van der Waals surface area contributed by atoms with Gasteiger partial charge in [0.15, 0.2) is 0 Å². The number of nitrogens with two attached hydrogens (primary N) is 1. The molecule has 1 atom stereocenters. The van der Waals surface area contributed by atoms with Gasteiger partial charge in [0.1, 0.15) is 17.4 Å². The highest BCUT2D eigenvalue weighted by atomic mass is 16.5. The van der Waals surface area contributed by atoms with Crippen molar-refractivity contribution in [1.82, 2.24) is 25.1 Å². The van der Waals surface area contributed by atoms with Gasteiger partial charge in [-0.15, -0.1) is 10.2 Å². The maximum atomic E-state index is 12.9. The van der Waals surface area contributed by atoms with E-state index in [1.54, 1.807) is 21.0 Å². The standard InChI is InChI=1S/C33H38N6O2/c1-33(2,34)32(40)36-21-28(27-20-35-29-14-8-7-13-26(27)29)31-38-37-30(15-9-12-23-10-5-4-6-11-23)39(31)22-24-16-18-25(41-3)19-17-24/h4-8,10-11,13-14,16-20,28,35H,9,12,15,21-22,34H2,1-3H3,(H,36,40)/t28-/m0/s1. The third-order valence-corrected chi connectivity index (χ3v) is 7.42. The molecule has 5 rings (SSSR count). The van der Waals surface area contributed by atoms with Crippen LogP contribution in [0.2, 0.25) is 0 Å². The first-order valence-corrected chi connectivity index (χ1v) is 14.1. The van der Waals surface area contributed by atoms with Crippen molar-refractivity contribution in [3.63, 3.8) is 0 Å². The molecule has 0 spiro atoms. The number of carbonyl (C=O) groups is 1. The van der Waals surface area contributed by atoms with Crippen LogP contribution in [0, 0.1) is 0 Å². The highest BCUT2D eigenvalue weighted by Gasteiger charge is 2.28. The number of amides is 1. The zero-order valence-corrected chi connectivity index (χ0v) is 23.9. The summed E-state index contributed by atoms with van der Waals surface area (Å²) in [5.41, 5.74) is 9.61. The number of hydrogen-bond donors (Lipinski definition) is 3. The molecule has 3 aromatic carbocycles. The lowest BCUT2D eigenvalue weighted by Crippen LogP contribution is -2.50. The van der Waals surface area contributed by atoms with E-state index >= 15 is 0 Å². The van der Waals surface area contributed by atoms with Gasteiger partial charge in [0.2, 0.25) is 5.91 Å². The normalized spacial score (nSPS) is 12.4. The molecule has 0 unspecified atom stereocenters. The molecule has 0 saturated heterocycles. The minimum absolute atomic E-state index is 0.216. The monoisotopic (exact) mass is 550 g/mol. The Bertz CT molecular complexity index is 1580. The fourth-order valence-corrected chi connectivity index (χ4v) is 5.12. The van der Waals surface area contributed by atoms with Gasteiger partial charge in [-0.05, 0) is 61.6 Å². The summed E-state index contributed by atoms with van der Waals surface area (Å²) in [7, 11) is 1.67. The second kappa shape index (κ2) is 12.4. The molecule has 0 aliphatic rings. The quantitative estimate of drug-likeness (QED) is 0.203. The largest absolute Gasteiger partial charge is 0.497 e. The van der Waals surface area contributed by atoms with E-state index in [2.05, 4.69) is 63.4 Å². The molecule has 5 aromatic rings. The van der Waals surface area contributed by atoms with Crippen molar-refractivity contribution >= 4 is 16.8 Å². The van der Waals surface area contributed by atoms with Crippen LogP contribution in [-0.2, 0) is 24.2 Å². The molecule has 4 N–H and O–H groups in total. The predicted molar refractivity (Wildman–Crippen MR) is 162 cm³/mol. The van der Waals surface area contributed by atoms with Crippen LogP contribution in [0.4, 0.5) is 0 Å². The first-order chi connectivity index (χ1) is 19.8. The fourth-order valence-electron chi connectivity index (χ4n) is 5.12. The lowest BCUT2D eigenvalue weighted by atomic mass is 9.96. The van der Waals surface area contributed by atoms with Crippen LogP contribution in [0.1, 0.15) is 54.5 Å². The van der Waals surface area contributed by atoms with Gasteiger partial charge in [-0.2, -0.15) is 0 Å². The van der Waals surface area contributed by atoms with Gasteiger partial charge in [-0.3, -0.25) is 4.79 Å². The van der Waals surface area contributed by atoms with Crippen LogP contribution in [0.3, 0.4) is 0 Å². The fraction of sp³-hybridized carbons (Fsp3) is 0.303. The number of fused-ring (bicyclic) bond motifs is 1. The van der Waals surface area contributed by atoms with Gasteiger partial charge in [0.25, 0.3) is 0 Å². The topological polar surface area (TPSA) is 111 Å². The maximum absolute atomic E-state index is 12.9. The Hall–Kier alpha value is -4.43. The van der Waals surface area contributed by atoms with Gasteiger partial charge < -0.3 is 25.3 Å². The number of para-hydroxylation sites is 1. The molecule has 0 fully saturated rings. The van der Waals surface area contributed by atoms with E-state index in [-0.39, 0.29) is 11.8 Å². The van der Waals surface area contributed by atoms with E-state index < -0.39 is 5.54 Å². The summed E-state index contributed by atoms with van der Waals surface area (Å²) in [6.45, 7) is 4.36. The van der Waals surface area contributed by atoms with Crippen molar-refractivity contribution in [3.05, 3.63) is 113 Å². The number of rotatable bonds is 12. The van der Waals surface area contributed by atoms with Crippen molar-refractivity contribution in [2.75, 3.05) is 13.7 Å². The molecule has 0 aliphatic heterocycles. The predicted octanol–water partition coefficient (Wildman–Crippen LogP) is 4.98. The molecule has 8 nitrogen and oxygen atoms in total. The van der Waals surface area contributed by atoms with E-state index in [4.69, 9.17) is 20.7 Å². The Balaban J connectivity index is 1.52. The smallest absolute Gasteiger partial charge is 0.239 e. The van der Waals surface area contributed by atoms with E-state index in [1.165, 1.54) is 5.56 Å². The van der Waals surface area contributed by atoms with Crippen molar-refractivity contribution < 1.29 is 9.53 Å². The molecule has 0 saturated carbocycles. The Morgan fingerprint density at radius 1 is 0.976 bits per heavy atom. The molecule has 2 aromatic heterocycles. The van der Waals surface area contributed by atoms with Gasteiger partial charge in [-0.1, -0.05) is 60.7 Å². The summed E-state index contributed by atoms with van der Waals surface area (Å²) in [6, 6.07) is 26.7. The number of aromatic nitrogens is 4. The van der Waals surface area contributed by atoms with Crippen LogP contribution in [0.25, 0.3) is 10.9 Å². The maximum Gasteiger partial charge on any atom is 0.239 e. The lowest BCUT2D eigenvalue weighted by Gasteiger charge is -2.23. The van der Waals surface area contributed by atoms with Crippen LogP contribution in [0.5, 0.6) is 5.75 Å². The average molecular weight is 551 g/mol. The SMILES string of the molecule is COc1ccc(Cn2c(CCCc3ccccc3)nnc2[C@@H](CNC(=O)C(C)(C)N)c2c[nH]c3ccccc23)cc1. The summed E-state index contributed by atoms with van der Waals surface area (Å²) in [4.78, 5) is 16.2. The lowest BCUT2D eigenvalue weighted by molar-refractivity contribution is -0.125. The molecule has 2 heterocycles. The van der Waals surface area contributed by atoms with Crippen molar-refractivity contribution in [3.8, 4) is 5.75 Å². The number of nitrogens with one attached hydrogen (secondary N) is 2. The summed E-state index contributed by atoms with van der Waals surface area (Å²) < 4.78 is 7.58. The first kappa shape index (κ1) is 28.1.